The maximum absolute atomic E-state index is 13.1. The predicted molar refractivity (Wildman–Crippen MR) is 96.9 cm³/mol. The summed E-state index contributed by atoms with van der Waals surface area (Å²) in [6.07, 6.45) is 3.76. The molecule has 2 aromatic heterocycles. The van der Waals surface area contributed by atoms with E-state index in [1.54, 1.807) is 6.26 Å². The molecule has 2 atom stereocenters. The highest BCUT2D eigenvalue weighted by Crippen LogP contribution is 2.23. The summed E-state index contributed by atoms with van der Waals surface area (Å²) in [4.78, 5) is 15.3. The van der Waals surface area contributed by atoms with Crippen molar-refractivity contribution in [3.05, 3.63) is 47.2 Å². The van der Waals surface area contributed by atoms with Gasteiger partial charge in [0.1, 0.15) is 5.76 Å². The van der Waals surface area contributed by atoms with Crippen molar-refractivity contribution in [3.8, 4) is 0 Å². The van der Waals surface area contributed by atoms with Gasteiger partial charge in [0.05, 0.1) is 18.8 Å². The lowest BCUT2D eigenvalue weighted by Crippen LogP contribution is -2.45. The zero-order valence-electron chi connectivity index (χ0n) is 15.4. The maximum atomic E-state index is 13.1. The second-order valence-corrected chi connectivity index (χ2v) is 7.18. The van der Waals surface area contributed by atoms with Crippen molar-refractivity contribution in [2.45, 2.75) is 46.2 Å². The summed E-state index contributed by atoms with van der Waals surface area (Å²) in [7, 11) is 0. The summed E-state index contributed by atoms with van der Waals surface area (Å²) in [6.45, 7) is 8.59. The fourth-order valence-electron chi connectivity index (χ4n) is 3.84. The standard InChI is InChI=1S/C20H28N2O3/c1-14-10-19(15(2)22(14)12-18-7-5-9-25-18)20(24)16(3)21-8-4-6-17(11-21)13-23/h5,7,9-10,16-17,23H,4,6,8,11-13H2,1-3H3. The van der Waals surface area contributed by atoms with Crippen LogP contribution in [-0.2, 0) is 6.54 Å². The van der Waals surface area contributed by atoms with E-state index in [9.17, 15) is 9.90 Å². The SMILES string of the molecule is Cc1cc(C(=O)C(C)N2CCCC(CO)C2)c(C)n1Cc1ccco1. The van der Waals surface area contributed by atoms with E-state index in [-0.39, 0.29) is 24.3 Å². The Kier molecular flexibility index (Phi) is 5.45. The molecule has 0 amide bonds. The number of aromatic nitrogens is 1. The third kappa shape index (κ3) is 3.72. The molecule has 0 saturated carbocycles. The molecule has 1 saturated heterocycles. The molecular formula is C20H28N2O3. The van der Waals surface area contributed by atoms with E-state index < -0.39 is 0 Å². The molecule has 0 bridgehead atoms. The molecule has 136 valence electrons. The summed E-state index contributed by atoms with van der Waals surface area (Å²) >= 11 is 0. The number of piperidine rings is 1. The van der Waals surface area contributed by atoms with Crippen LogP contribution in [0.3, 0.4) is 0 Å². The van der Waals surface area contributed by atoms with Crippen LogP contribution in [0.4, 0.5) is 0 Å². The van der Waals surface area contributed by atoms with Crippen LogP contribution in [-0.4, -0.2) is 46.1 Å². The number of carbonyl (C=O) groups is 1. The van der Waals surface area contributed by atoms with Crippen molar-refractivity contribution in [1.29, 1.82) is 0 Å². The Morgan fingerprint density at radius 3 is 2.92 bits per heavy atom. The third-order valence-corrected chi connectivity index (χ3v) is 5.47. The van der Waals surface area contributed by atoms with E-state index in [0.717, 1.165) is 48.6 Å². The molecule has 0 spiro atoms. The topological polar surface area (TPSA) is 58.6 Å². The third-order valence-electron chi connectivity index (χ3n) is 5.47. The van der Waals surface area contributed by atoms with Crippen LogP contribution in [0.2, 0.25) is 0 Å². The van der Waals surface area contributed by atoms with Crippen molar-refractivity contribution in [2.75, 3.05) is 19.7 Å². The number of aryl methyl sites for hydroxylation is 1. The van der Waals surface area contributed by atoms with Gasteiger partial charge in [-0.25, -0.2) is 0 Å². The van der Waals surface area contributed by atoms with E-state index >= 15 is 0 Å². The highest BCUT2D eigenvalue weighted by Gasteiger charge is 2.29. The quantitative estimate of drug-likeness (QED) is 0.819. The second-order valence-electron chi connectivity index (χ2n) is 7.18. The van der Waals surface area contributed by atoms with E-state index in [0.29, 0.717) is 6.54 Å². The first kappa shape index (κ1) is 18.0. The monoisotopic (exact) mass is 344 g/mol. The van der Waals surface area contributed by atoms with Crippen LogP contribution < -0.4 is 0 Å². The molecule has 1 aliphatic heterocycles. The molecule has 0 radical (unpaired) electrons. The Bertz CT molecular complexity index is 718. The molecule has 1 fully saturated rings. The highest BCUT2D eigenvalue weighted by molar-refractivity contribution is 6.01. The van der Waals surface area contributed by atoms with Gasteiger partial charge in [-0.3, -0.25) is 9.69 Å². The summed E-state index contributed by atoms with van der Waals surface area (Å²) in [5.74, 6) is 1.34. The minimum atomic E-state index is -0.160. The number of Topliss-reactive ketones (excluding diaryl/α,β-unsaturated/α-hetero) is 1. The average Bonchev–Trinajstić information content (AvgIpc) is 3.24. The summed E-state index contributed by atoms with van der Waals surface area (Å²) in [6, 6.07) is 5.66. The van der Waals surface area contributed by atoms with Gasteiger partial charge < -0.3 is 14.1 Å². The number of aliphatic hydroxyl groups excluding tert-OH is 1. The van der Waals surface area contributed by atoms with Crippen molar-refractivity contribution in [3.63, 3.8) is 0 Å². The lowest BCUT2D eigenvalue weighted by molar-refractivity contribution is 0.0673. The molecule has 3 rings (SSSR count). The molecule has 25 heavy (non-hydrogen) atoms. The number of carbonyl (C=O) groups excluding carboxylic acids is 1. The smallest absolute Gasteiger partial charge is 0.181 e. The summed E-state index contributed by atoms with van der Waals surface area (Å²) in [5, 5.41) is 9.43. The average molecular weight is 344 g/mol. The molecule has 0 aromatic carbocycles. The van der Waals surface area contributed by atoms with Crippen LogP contribution in [0.25, 0.3) is 0 Å². The van der Waals surface area contributed by atoms with Gasteiger partial charge in [-0.2, -0.15) is 0 Å². The Morgan fingerprint density at radius 2 is 2.24 bits per heavy atom. The molecule has 5 nitrogen and oxygen atoms in total. The van der Waals surface area contributed by atoms with Gasteiger partial charge in [-0.1, -0.05) is 0 Å². The Balaban J connectivity index is 1.77. The first-order valence-electron chi connectivity index (χ1n) is 9.09. The molecule has 3 heterocycles. The minimum absolute atomic E-state index is 0.160. The fourth-order valence-corrected chi connectivity index (χ4v) is 3.84. The second kappa shape index (κ2) is 7.58. The molecular weight excluding hydrogens is 316 g/mol. The minimum Gasteiger partial charge on any atom is -0.467 e. The van der Waals surface area contributed by atoms with Crippen molar-refractivity contribution in [2.24, 2.45) is 5.92 Å². The van der Waals surface area contributed by atoms with Crippen molar-refractivity contribution in [1.82, 2.24) is 9.47 Å². The van der Waals surface area contributed by atoms with Crippen molar-refractivity contribution >= 4 is 5.78 Å². The largest absolute Gasteiger partial charge is 0.467 e. The summed E-state index contributed by atoms with van der Waals surface area (Å²) < 4.78 is 7.58. The lowest BCUT2D eigenvalue weighted by atomic mass is 9.95. The van der Waals surface area contributed by atoms with Crippen LogP contribution >= 0.6 is 0 Å². The summed E-state index contributed by atoms with van der Waals surface area (Å²) in [5.41, 5.74) is 2.85. The van der Waals surface area contributed by atoms with Crippen LogP contribution in [0, 0.1) is 19.8 Å². The Labute approximate surface area is 149 Å². The van der Waals surface area contributed by atoms with E-state index in [1.165, 1.54) is 0 Å². The number of nitrogens with zero attached hydrogens (tertiary/aromatic N) is 2. The predicted octanol–water partition coefficient (Wildman–Crippen LogP) is 3.02. The molecule has 1 aliphatic rings. The molecule has 5 heteroatoms. The molecule has 2 aromatic rings. The first-order chi connectivity index (χ1) is 12.0. The molecule has 2 unspecified atom stereocenters. The van der Waals surface area contributed by atoms with E-state index in [1.807, 2.05) is 39.0 Å². The van der Waals surface area contributed by atoms with Gasteiger partial charge in [0, 0.05) is 30.1 Å². The fraction of sp³-hybridized carbons (Fsp3) is 0.550. The number of likely N-dealkylation sites (tertiary alicyclic amines) is 1. The molecule has 0 aliphatic carbocycles. The van der Waals surface area contributed by atoms with E-state index in [4.69, 9.17) is 4.42 Å². The van der Waals surface area contributed by atoms with Crippen LogP contribution in [0.5, 0.6) is 0 Å². The number of rotatable bonds is 6. The first-order valence-corrected chi connectivity index (χ1v) is 9.09. The molecule has 1 N–H and O–H groups in total. The van der Waals surface area contributed by atoms with Gasteiger partial charge in [-0.15, -0.1) is 0 Å². The normalized spacial score (nSPS) is 19.9. The number of ketones is 1. The van der Waals surface area contributed by atoms with Crippen molar-refractivity contribution < 1.29 is 14.3 Å². The highest BCUT2D eigenvalue weighted by atomic mass is 16.3. The van der Waals surface area contributed by atoms with E-state index in [2.05, 4.69) is 9.47 Å². The zero-order chi connectivity index (χ0) is 18.0. The van der Waals surface area contributed by atoms with Gasteiger partial charge in [0.15, 0.2) is 5.78 Å². The Hall–Kier alpha value is -1.85. The maximum Gasteiger partial charge on any atom is 0.181 e. The number of hydrogen-bond acceptors (Lipinski definition) is 4. The number of furan rings is 1. The zero-order valence-corrected chi connectivity index (χ0v) is 15.4. The van der Waals surface area contributed by atoms with Gasteiger partial charge >= 0.3 is 0 Å². The number of aliphatic hydroxyl groups is 1. The van der Waals surface area contributed by atoms with Crippen LogP contribution in [0.15, 0.2) is 28.9 Å². The Morgan fingerprint density at radius 1 is 1.44 bits per heavy atom. The number of hydrogen-bond donors (Lipinski definition) is 1. The lowest BCUT2D eigenvalue weighted by Gasteiger charge is -2.35. The van der Waals surface area contributed by atoms with Gasteiger partial charge in [0.2, 0.25) is 0 Å². The van der Waals surface area contributed by atoms with Gasteiger partial charge in [-0.05, 0) is 64.3 Å². The van der Waals surface area contributed by atoms with Crippen LogP contribution in [0.1, 0.15) is 47.3 Å². The van der Waals surface area contributed by atoms with Gasteiger partial charge in [0.25, 0.3) is 0 Å².